The largest absolute Gasteiger partial charge is 0.365 e. The summed E-state index contributed by atoms with van der Waals surface area (Å²) in [6.45, 7) is 0. The van der Waals surface area contributed by atoms with Crippen molar-refractivity contribution in [2.75, 3.05) is 0 Å². The van der Waals surface area contributed by atoms with Gasteiger partial charge in [-0.3, -0.25) is 14.4 Å². The summed E-state index contributed by atoms with van der Waals surface area (Å²) in [4.78, 5) is 41.8. The van der Waals surface area contributed by atoms with Crippen LogP contribution >= 0.6 is 0 Å². The lowest BCUT2D eigenvalue weighted by atomic mass is 10.2. The number of carbonyl (C=O) groups is 4. The number of ketones is 3. The molecule has 0 aromatic carbocycles. The fourth-order valence-corrected chi connectivity index (χ4v) is 1.78. The van der Waals surface area contributed by atoms with Gasteiger partial charge < -0.3 is 4.79 Å². The second-order valence-electron chi connectivity index (χ2n) is 2.00. The summed E-state index contributed by atoms with van der Waals surface area (Å²) in [6, 6.07) is 0. The molecule has 0 aromatic heterocycles. The van der Waals surface area contributed by atoms with Crippen LogP contribution in [-0.2, 0) is 19.2 Å². The molecular formula is C5H3AlO4. The van der Waals surface area contributed by atoms with E-state index in [1.165, 1.54) is 0 Å². The number of hydrogen-bond acceptors (Lipinski definition) is 4. The lowest BCUT2D eigenvalue weighted by Crippen LogP contribution is -2.40. The van der Waals surface area contributed by atoms with Gasteiger partial charge in [0.15, 0.2) is 5.78 Å². The lowest BCUT2D eigenvalue weighted by Gasteiger charge is -2.01. The summed E-state index contributed by atoms with van der Waals surface area (Å²) in [6.07, 6.45) is 0. The smallest absolute Gasteiger partial charge is 0.313 e. The van der Waals surface area contributed by atoms with Gasteiger partial charge >= 0.3 is 15.2 Å². The Bertz CT molecular complexity index is 216. The predicted molar refractivity (Wildman–Crippen MR) is 32.0 cm³/mol. The van der Waals surface area contributed by atoms with Crippen molar-refractivity contribution >= 4 is 37.2 Å². The van der Waals surface area contributed by atoms with Crippen LogP contribution in [0.3, 0.4) is 0 Å². The molecule has 1 aliphatic heterocycles. The Labute approximate surface area is 62.3 Å². The first-order chi connectivity index (χ1) is 4.63. The molecule has 0 spiro atoms. The van der Waals surface area contributed by atoms with E-state index in [0.29, 0.717) is 0 Å². The molecule has 0 saturated carbocycles. The molecule has 0 amide bonds. The molecule has 0 aromatic rings. The lowest BCUT2D eigenvalue weighted by molar-refractivity contribution is -0.146. The van der Waals surface area contributed by atoms with Gasteiger partial charge in [-0.05, 0) is 5.28 Å². The molecule has 1 saturated heterocycles. The van der Waals surface area contributed by atoms with E-state index in [-0.39, 0.29) is 5.28 Å². The summed E-state index contributed by atoms with van der Waals surface area (Å²) >= 11 is -1.25. The molecule has 1 fully saturated rings. The maximum absolute atomic E-state index is 10.5. The average Bonchev–Trinajstić information content (AvgIpc) is 1.93. The fourth-order valence-electron chi connectivity index (χ4n) is 0.707. The minimum atomic E-state index is -1.25. The molecular weight excluding hydrogens is 151 g/mol. The third kappa shape index (κ3) is 1.06. The van der Waals surface area contributed by atoms with E-state index >= 15 is 0 Å². The molecule has 0 radical (unpaired) electrons. The van der Waals surface area contributed by atoms with Gasteiger partial charge in [-0.1, -0.05) is 0 Å². The Morgan fingerprint density at radius 2 is 1.60 bits per heavy atom. The second kappa shape index (κ2) is 2.45. The van der Waals surface area contributed by atoms with Crippen molar-refractivity contribution in [1.29, 1.82) is 0 Å². The summed E-state index contributed by atoms with van der Waals surface area (Å²) < 4.78 is -0.607. The SMILES string of the molecule is O=C1[CH2][AlH][C](=O)C(=O)C1=O. The van der Waals surface area contributed by atoms with Gasteiger partial charge in [0, 0.05) is 0 Å². The topological polar surface area (TPSA) is 68.3 Å². The maximum Gasteiger partial charge on any atom is 0.365 e. The summed E-state index contributed by atoms with van der Waals surface area (Å²) in [5.41, 5.74) is 0. The van der Waals surface area contributed by atoms with E-state index in [4.69, 9.17) is 0 Å². The van der Waals surface area contributed by atoms with Crippen LogP contribution in [0.4, 0.5) is 0 Å². The van der Waals surface area contributed by atoms with Gasteiger partial charge in [-0.15, -0.1) is 0 Å². The molecule has 4 nitrogen and oxygen atoms in total. The zero-order valence-electron chi connectivity index (χ0n) is 5.05. The van der Waals surface area contributed by atoms with Crippen molar-refractivity contribution in [3.8, 4) is 0 Å². The Morgan fingerprint density at radius 3 is 2.10 bits per heavy atom. The van der Waals surface area contributed by atoms with Crippen molar-refractivity contribution in [3.05, 3.63) is 0 Å². The van der Waals surface area contributed by atoms with Crippen LogP contribution in [0.2, 0.25) is 5.28 Å². The normalized spacial score (nSPS) is 19.2. The third-order valence-corrected chi connectivity index (χ3v) is 2.77. The van der Waals surface area contributed by atoms with Crippen LogP contribution in [0.15, 0.2) is 0 Å². The average molecular weight is 154 g/mol. The molecule has 0 aliphatic carbocycles. The van der Waals surface area contributed by atoms with Gasteiger partial charge in [0.1, 0.15) is 4.65 Å². The standard InChI is InChI=1S/C5H2O4.Al.H/c1-3(7)5(9)4(8)2-6;;/h1H2;;. The number of rotatable bonds is 0. The molecule has 0 bridgehead atoms. The zero-order chi connectivity index (χ0) is 7.72. The first kappa shape index (κ1) is 7.32. The highest BCUT2D eigenvalue weighted by molar-refractivity contribution is 7.04. The molecule has 1 aliphatic rings. The van der Waals surface area contributed by atoms with Gasteiger partial charge in [0.05, 0.1) is 0 Å². The highest BCUT2D eigenvalue weighted by Gasteiger charge is 2.34. The molecule has 5 heteroatoms. The highest BCUT2D eigenvalue weighted by Crippen LogP contribution is 1.96. The molecule has 1 rings (SSSR count). The van der Waals surface area contributed by atoms with Crippen LogP contribution in [0, 0.1) is 0 Å². The Balaban J connectivity index is 2.90. The van der Waals surface area contributed by atoms with E-state index in [1.54, 1.807) is 0 Å². The van der Waals surface area contributed by atoms with Crippen LogP contribution in [0.1, 0.15) is 0 Å². The Morgan fingerprint density at radius 1 is 1.00 bits per heavy atom. The molecule has 10 heavy (non-hydrogen) atoms. The quantitative estimate of drug-likeness (QED) is 0.301. The summed E-state index contributed by atoms with van der Waals surface area (Å²) in [7, 11) is 0. The highest BCUT2D eigenvalue weighted by atomic mass is 27.1. The number of carbonyl (C=O) groups excluding carboxylic acids is 4. The predicted octanol–water partition coefficient (Wildman–Crippen LogP) is -1.91. The van der Waals surface area contributed by atoms with Crippen molar-refractivity contribution in [1.82, 2.24) is 0 Å². The second-order valence-corrected chi connectivity index (χ2v) is 3.65. The Kier molecular flexibility index (Phi) is 1.79. The van der Waals surface area contributed by atoms with E-state index in [0.717, 1.165) is 0 Å². The van der Waals surface area contributed by atoms with Crippen molar-refractivity contribution in [2.45, 2.75) is 5.28 Å². The minimum Gasteiger partial charge on any atom is -0.313 e. The van der Waals surface area contributed by atoms with Gasteiger partial charge in [-0.25, -0.2) is 0 Å². The zero-order valence-corrected chi connectivity index (χ0v) is 6.46. The van der Waals surface area contributed by atoms with Gasteiger partial charge in [0.25, 0.3) is 11.6 Å². The van der Waals surface area contributed by atoms with Crippen LogP contribution < -0.4 is 0 Å². The number of Topliss-reactive ketones (excluding diaryl/α,β-unsaturated/α-hetero) is 3. The van der Waals surface area contributed by atoms with E-state index in [2.05, 4.69) is 0 Å². The molecule has 1 heterocycles. The number of hydrogen-bond donors (Lipinski definition) is 0. The van der Waals surface area contributed by atoms with Crippen LogP contribution in [-0.4, -0.2) is 37.2 Å². The molecule has 0 unspecified atom stereocenters. The van der Waals surface area contributed by atoms with E-state index in [1.807, 2.05) is 0 Å². The molecule has 0 atom stereocenters. The summed E-state index contributed by atoms with van der Waals surface area (Å²) in [5, 5.41) is 0.0312. The Hall–Kier alpha value is -0.788. The monoisotopic (exact) mass is 154 g/mol. The molecule has 50 valence electrons. The van der Waals surface area contributed by atoms with Crippen molar-refractivity contribution < 1.29 is 19.2 Å². The molecule has 0 N–H and O–H groups in total. The minimum absolute atomic E-state index is 0.0312. The van der Waals surface area contributed by atoms with Gasteiger partial charge in [0.2, 0.25) is 0 Å². The van der Waals surface area contributed by atoms with E-state index < -0.39 is 37.2 Å². The van der Waals surface area contributed by atoms with Crippen LogP contribution in [0.25, 0.3) is 0 Å². The van der Waals surface area contributed by atoms with Crippen molar-refractivity contribution in [2.24, 2.45) is 0 Å². The first-order valence-corrected chi connectivity index (χ1v) is 4.48. The summed E-state index contributed by atoms with van der Waals surface area (Å²) in [5.74, 6) is -2.90. The van der Waals surface area contributed by atoms with Gasteiger partial charge in [-0.2, -0.15) is 0 Å². The third-order valence-electron chi connectivity index (χ3n) is 1.29. The fraction of sp³-hybridized carbons (Fsp3) is 0.200. The van der Waals surface area contributed by atoms with Crippen LogP contribution in [0.5, 0.6) is 0 Å². The maximum atomic E-state index is 10.5. The van der Waals surface area contributed by atoms with E-state index in [9.17, 15) is 19.2 Å². The first-order valence-electron chi connectivity index (χ1n) is 2.77. The van der Waals surface area contributed by atoms with Crippen molar-refractivity contribution in [3.63, 3.8) is 0 Å².